The number of hydrogen-bond acceptors (Lipinski definition) is 7. The van der Waals surface area contributed by atoms with Crippen LogP contribution in [0.3, 0.4) is 0 Å². The first kappa shape index (κ1) is 23.0. The van der Waals surface area contributed by atoms with Crippen molar-refractivity contribution in [2.75, 3.05) is 17.3 Å². The quantitative estimate of drug-likeness (QED) is 0.314. The maximum atomic E-state index is 12.9. The second-order valence-corrected chi connectivity index (χ2v) is 8.75. The van der Waals surface area contributed by atoms with Crippen molar-refractivity contribution < 1.29 is 14.3 Å². The van der Waals surface area contributed by atoms with Gasteiger partial charge in [0.05, 0.1) is 12.3 Å². The number of hydrogen-bond donors (Lipinski definition) is 0. The summed E-state index contributed by atoms with van der Waals surface area (Å²) in [6.07, 6.45) is 2.70. The van der Waals surface area contributed by atoms with Gasteiger partial charge in [-0.25, -0.2) is 0 Å². The van der Waals surface area contributed by atoms with Gasteiger partial charge in [-0.3, -0.25) is 9.69 Å². The zero-order valence-electron chi connectivity index (χ0n) is 19.2. The van der Waals surface area contributed by atoms with E-state index in [0.29, 0.717) is 34.8 Å². The van der Waals surface area contributed by atoms with Crippen LogP contribution in [0, 0.1) is 0 Å². The van der Waals surface area contributed by atoms with E-state index in [9.17, 15) is 4.79 Å². The summed E-state index contributed by atoms with van der Waals surface area (Å²) in [5.74, 6) is 1.85. The lowest BCUT2D eigenvalue weighted by atomic mass is 10.1. The van der Waals surface area contributed by atoms with E-state index >= 15 is 0 Å². The lowest BCUT2D eigenvalue weighted by Crippen LogP contribution is -2.36. The molecule has 0 bridgehead atoms. The fraction of sp³-hybridized carbons (Fsp3) is 0.360. The van der Waals surface area contributed by atoms with Crippen LogP contribution in [-0.4, -0.2) is 33.4 Å². The lowest BCUT2D eigenvalue weighted by Gasteiger charge is -2.30. The highest BCUT2D eigenvalue weighted by molar-refractivity contribution is 7.99. The first-order chi connectivity index (χ1) is 16.1. The summed E-state index contributed by atoms with van der Waals surface area (Å²) in [4.78, 5) is 19.2. The number of para-hydroxylation sites is 1. The van der Waals surface area contributed by atoms with Crippen LogP contribution in [0.25, 0.3) is 11.3 Å². The number of amides is 1. The molecule has 0 fully saturated rings. The second kappa shape index (κ2) is 10.7. The Morgan fingerprint density at radius 3 is 2.76 bits per heavy atom. The van der Waals surface area contributed by atoms with Gasteiger partial charge in [0, 0.05) is 23.8 Å². The Kier molecular flexibility index (Phi) is 7.44. The molecule has 1 amide bonds. The molecule has 8 heteroatoms. The van der Waals surface area contributed by atoms with E-state index in [-0.39, 0.29) is 5.91 Å². The van der Waals surface area contributed by atoms with Crippen molar-refractivity contribution in [2.45, 2.75) is 51.4 Å². The van der Waals surface area contributed by atoms with Gasteiger partial charge in [0.2, 0.25) is 23.2 Å². The van der Waals surface area contributed by atoms with Crippen LogP contribution < -0.4 is 14.4 Å². The predicted molar refractivity (Wildman–Crippen MR) is 130 cm³/mol. The van der Waals surface area contributed by atoms with Crippen molar-refractivity contribution in [1.29, 1.82) is 0 Å². The second-order valence-electron chi connectivity index (χ2n) is 7.69. The normalized spacial score (nSPS) is 14.6. The maximum Gasteiger partial charge on any atom is 0.247 e. The molecule has 33 heavy (non-hydrogen) atoms. The molecular formula is C25H28N4O3S. The number of aromatic nitrogens is 3. The van der Waals surface area contributed by atoms with Gasteiger partial charge in [0.25, 0.3) is 0 Å². The van der Waals surface area contributed by atoms with Crippen molar-refractivity contribution in [1.82, 2.24) is 15.2 Å². The Labute approximate surface area is 198 Å². The van der Waals surface area contributed by atoms with Gasteiger partial charge in [0.15, 0.2) is 5.69 Å². The van der Waals surface area contributed by atoms with Crippen molar-refractivity contribution >= 4 is 23.4 Å². The summed E-state index contributed by atoms with van der Waals surface area (Å²) in [6.45, 7) is 6.19. The van der Waals surface area contributed by atoms with Crippen molar-refractivity contribution in [3.8, 4) is 22.9 Å². The number of fused-ring (bicyclic) bond motifs is 3. The van der Waals surface area contributed by atoms with E-state index in [1.54, 1.807) is 16.7 Å². The molecule has 4 rings (SSSR count). The van der Waals surface area contributed by atoms with E-state index in [2.05, 4.69) is 17.1 Å². The van der Waals surface area contributed by atoms with Gasteiger partial charge in [-0.1, -0.05) is 61.9 Å². The fourth-order valence-corrected chi connectivity index (χ4v) is 4.55. The number of carbonyl (C=O) groups is 1. The molecule has 2 aromatic carbocycles. The molecule has 0 unspecified atom stereocenters. The summed E-state index contributed by atoms with van der Waals surface area (Å²) in [7, 11) is 0. The van der Waals surface area contributed by atoms with Gasteiger partial charge in [0.1, 0.15) is 5.75 Å². The first-order valence-electron chi connectivity index (χ1n) is 11.3. The molecule has 0 N–H and O–H groups in total. The molecule has 0 aliphatic carbocycles. The molecule has 1 aliphatic rings. The van der Waals surface area contributed by atoms with E-state index in [4.69, 9.17) is 14.5 Å². The SMILES string of the molecule is CCCCCSc1nnc2c(n1)O[C@@H](c1cccc(OCC)c1)N(C(C)=O)c1ccccc1-2. The Hall–Kier alpha value is -3.13. The molecule has 1 aliphatic heterocycles. The number of benzene rings is 2. The number of rotatable bonds is 8. The van der Waals surface area contributed by atoms with Crippen molar-refractivity contribution in [3.05, 3.63) is 54.1 Å². The van der Waals surface area contributed by atoms with Crippen LogP contribution >= 0.6 is 11.8 Å². The van der Waals surface area contributed by atoms with Crippen molar-refractivity contribution in [3.63, 3.8) is 0 Å². The smallest absolute Gasteiger partial charge is 0.247 e. The maximum absolute atomic E-state index is 12.9. The molecule has 7 nitrogen and oxygen atoms in total. The average molecular weight is 465 g/mol. The minimum atomic E-state index is -0.722. The number of thioether (sulfide) groups is 1. The van der Waals surface area contributed by atoms with Gasteiger partial charge >= 0.3 is 0 Å². The Morgan fingerprint density at radius 1 is 1.12 bits per heavy atom. The summed E-state index contributed by atoms with van der Waals surface area (Å²) in [5, 5.41) is 9.37. The highest BCUT2D eigenvalue weighted by Crippen LogP contribution is 2.43. The van der Waals surface area contributed by atoms with Crippen LogP contribution in [0.2, 0.25) is 0 Å². The molecule has 0 saturated heterocycles. The highest BCUT2D eigenvalue weighted by atomic mass is 32.2. The molecule has 0 saturated carbocycles. The summed E-state index contributed by atoms with van der Waals surface area (Å²) >= 11 is 1.57. The molecule has 0 spiro atoms. The third-order valence-electron chi connectivity index (χ3n) is 5.28. The summed E-state index contributed by atoms with van der Waals surface area (Å²) in [5.41, 5.74) is 2.77. The van der Waals surface area contributed by atoms with Gasteiger partial charge in [-0.15, -0.1) is 10.2 Å². The average Bonchev–Trinajstić information content (AvgIpc) is 2.97. The zero-order valence-corrected chi connectivity index (χ0v) is 20.0. The minimum absolute atomic E-state index is 0.149. The standard InChI is InChI=1S/C25H28N4O3S/c1-4-6-9-15-33-25-26-23-22(27-28-25)20-13-7-8-14-21(20)29(17(3)30)24(32-23)18-11-10-12-19(16-18)31-5-2/h7-8,10-14,16,24H,4-6,9,15H2,1-3H3/t24-/m0/s1. The number of anilines is 1. The molecule has 172 valence electrons. The number of unbranched alkanes of at least 4 members (excludes halogenated alkanes) is 2. The molecule has 1 atom stereocenters. The molecule has 1 aromatic heterocycles. The fourth-order valence-electron chi connectivity index (χ4n) is 3.77. The Morgan fingerprint density at radius 2 is 1.97 bits per heavy atom. The van der Waals surface area contributed by atoms with Gasteiger partial charge in [-0.05, 0) is 31.5 Å². The van der Waals surface area contributed by atoms with E-state index in [1.807, 2.05) is 55.5 Å². The molecular weight excluding hydrogens is 436 g/mol. The van der Waals surface area contributed by atoms with E-state index in [1.165, 1.54) is 13.3 Å². The number of nitrogens with zero attached hydrogens (tertiary/aromatic N) is 4. The number of ether oxygens (including phenoxy) is 2. The molecule has 2 heterocycles. The molecule has 0 radical (unpaired) electrons. The Bertz CT molecular complexity index is 1120. The third-order valence-corrected chi connectivity index (χ3v) is 6.21. The largest absolute Gasteiger partial charge is 0.494 e. The Balaban J connectivity index is 1.79. The van der Waals surface area contributed by atoms with E-state index < -0.39 is 6.23 Å². The van der Waals surface area contributed by atoms with Crippen LogP contribution in [0.1, 0.15) is 51.8 Å². The topological polar surface area (TPSA) is 77.4 Å². The van der Waals surface area contributed by atoms with Gasteiger partial charge in [-0.2, -0.15) is 4.98 Å². The van der Waals surface area contributed by atoms with Crippen molar-refractivity contribution in [2.24, 2.45) is 0 Å². The van der Waals surface area contributed by atoms with Gasteiger partial charge < -0.3 is 9.47 Å². The monoisotopic (exact) mass is 464 g/mol. The third kappa shape index (κ3) is 5.11. The van der Waals surface area contributed by atoms with Crippen LogP contribution in [0.15, 0.2) is 53.7 Å². The minimum Gasteiger partial charge on any atom is -0.494 e. The first-order valence-corrected chi connectivity index (χ1v) is 12.3. The highest BCUT2D eigenvalue weighted by Gasteiger charge is 2.34. The zero-order chi connectivity index (χ0) is 23.2. The summed E-state index contributed by atoms with van der Waals surface area (Å²) in [6, 6.07) is 15.2. The van der Waals surface area contributed by atoms with E-state index in [0.717, 1.165) is 29.7 Å². The van der Waals surface area contributed by atoms with Crippen LogP contribution in [0.5, 0.6) is 11.6 Å². The van der Waals surface area contributed by atoms with Crippen LogP contribution in [0.4, 0.5) is 5.69 Å². The lowest BCUT2D eigenvalue weighted by molar-refractivity contribution is -0.118. The summed E-state index contributed by atoms with van der Waals surface area (Å²) < 4.78 is 12.1. The number of carbonyl (C=O) groups excluding carboxylic acids is 1. The van der Waals surface area contributed by atoms with Crippen LogP contribution in [-0.2, 0) is 4.79 Å². The predicted octanol–water partition coefficient (Wildman–Crippen LogP) is 5.66. The molecule has 3 aromatic rings.